The average molecular weight is 374 g/mol. The highest BCUT2D eigenvalue weighted by molar-refractivity contribution is 5.26. The molecule has 1 aromatic carbocycles. The fourth-order valence-electron chi connectivity index (χ4n) is 2.89. The molecule has 1 heterocycles. The first-order valence-electron chi connectivity index (χ1n) is 9.22. The quantitative estimate of drug-likeness (QED) is 0.558. The zero-order chi connectivity index (χ0) is 19.9. The Morgan fingerprint density at radius 1 is 1.30 bits per heavy atom. The molecule has 2 rings (SSSR count). The van der Waals surface area contributed by atoms with Crippen LogP contribution in [0.25, 0.3) is 0 Å². The van der Waals surface area contributed by atoms with Gasteiger partial charge in [-0.3, -0.25) is 0 Å². The van der Waals surface area contributed by atoms with Crippen LogP contribution in [0.5, 0.6) is 5.75 Å². The normalized spacial score (nSPS) is 23.1. The van der Waals surface area contributed by atoms with Crippen LogP contribution in [0.4, 0.5) is 0 Å². The van der Waals surface area contributed by atoms with Gasteiger partial charge in [-0.15, -0.1) is 6.58 Å². The average Bonchev–Trinajstić information content (AvgIpc) is 2.95. The van der Waals surface area contributed by atoms with E-state index in [1.807, 2.05) is 45.0 Å². The van der Waals surface area contributed by atoms with E-state index in [-0.39, 0.29) is 12.2 Å². The van der Waals surface area contributed by atoms with Crippen molar-refractivity contribution in [3.8, 4) is 17.6 Å². The topological polar surface area (TPSA) is 57.2 Å². The zero-order valence-electron chi connectivity index (χ0n) is 16.6. The van der Waals surface area contributed by atoms with Gasteiger partial charge in [0.05, 0.1) is 25.9 Å². The summed E-state index contributed by atoms with van der Waals surface area (Å²) in [7, 11) is 1.64. The molecule has 0 saturated carbocycles. The van der Waals surface area contributed by atoms with Gasteiger partial charge in [-0.2, -0.15) is 0 Å². The standard InChI is InChI=1S/C22H30O5/c1-6-8-20-21(27-22(3,4)26-20)19(23)10-7-9-16(2)25-15-17-11-13-18(24-5)14-12-17/h6,11-14,16,19-21,23H,1,8-9,15H2,2-5H3/t16-,19?,20-,21-/m1/s1. The molecule has 1 aromatic rings. The number of rotatable bonds is 8. The second-order valence-electron chi connectivity index (χ2n) is 7.10. The van der Waals surface area contributed by atoms with E-state index in [2.05, 4.69) is 18.4 Å². The first kappa shape index (κ1) is 21.5. The minimum atomic E-state index is -0.912. The smallest absolute Gasteiger partial charge is 0.163 e. The lowest BCUT2D eigenvalue weighted by atomic mass is 10.1. The number of aliphatic hydroxyl groups is 1. The van der Waals surface area contributed by atoms with Crippen LogP contribution in [0.3, 0.4) is 0 Å². The number of aliphatic hydroxyl groups excluding tert-OH is 1. The third kappa shape index (κ3) is 6.67. The van der Waals surface area contributed by atoms with Crippen LogP contribution in [0.15, 0.2) is 36.9 Å². The summed E-state index contributed by atoms with van der Waals surface area (Å²) in [4.78, 5) is 0. The van der Waals surface area contributed by atoms with E-state index in [0.29, 0.717) is 19.4 Å². The molecule has 1 aliphatic heterocycles. The Morgan fingerprint density at radius 3 is 2.63 bits per heavy atom. The molecule has 0 amide bonds. The highest BCUT2D eigenvalue weighted by atomic mass is 16.8. The number of ether oxygens (including phenoxy) is 4. The Kier molecular flexibility index (Phi) is 7.88. The molecule has 0 spiro atoms. The fraction of sp³-hybridized carbons (Fsp3) is 0.545. The highest BCUT2D eigenvalue weighted by Crippen LogP contribution is 2.31. The lowest BCUT2D eigenvalue weighted by molar-refractivity contribution is -0.151. The predicted octanol–water partition coefficient (Wildman–Crippen LogP) is 3.45. The summed E-state index contributed by atoms with van der Waals surface area (Å²) in [6.07, 6.45) is 1.20. The summed E-state index contributed by atoms with van der Waals surface area (Å²) in [5.41, 5.74) is 1.07. The maximum absolute atomic E-state index is 10.4. The van der Waals surface area contributed by atoms with Crippen molar-refractivity contribution in [2.24, 2.45) is 0 Å². The van der Waals surface area contributed by atoms with E-state index in [4.69, 9.17) is 18.9 Å². The largest absolute Gasteiger partial charge is 0.497 e. The van der Waals surface area contributed by atoms with E-state index in [1.54, 1.807) is 13.2 Å². The zero-order valence-corrected chi connectivity index (χ0v) is 16.6. The van der Waals surface area contributed by atoms with Crippen molar-refractivity contribution in [3.05, 3.63) is 42.5 Å². The Bertz CT molecular complexity index is 656. The van der Waals surface area contributed by atoms with Crippen molar-refractivity contribution in [2.75, 3.05) is 7.11 Å². The molecule has 27 heavy (non-hydrogen) atoms. The van der Waals surface area contributed by atoms with Gasteiger partial charge >= 0.3 is 0 Å². The number of hydrogen-bond donors (Lipinski definition) is 1. The van der Waals surface area contributed by atoms with Gasteiger partial charge in [-0.05, 0) is 44.9 Å². The van der Waals surface area contributed by atoms with Crippen molar-refractivity contribution in [1.29, 1.82) is 0 Å². The molecule has 0 radical (unpaired) electrons. The molecule has 1 fully saturated rings. The SMILES string of the molecule is C=CC[C@H]1OC(C)(C)O[C@@H]1C(O)C#CC[C@@H](C)OCc1ccc(OC)cc1. The Labute approximate surface area is 162 Å². The third-order valence-electron chi connectivity index (χ3n) is 4.26. The van der Waals surface area contributed by atoms with Crippen LogP contribution in [-0.2, 0) is 20.8 Å². The molecule has 4 atom stereocenters. The lowest BCUT2D eigenvalue weighted by Gasteiger charge is -2.18. The van der Waals surface area contributed by atoms with Gasteiger partial charge in [0.1, 0.15) is 18.0 Å². The Hall–Kier alpha value is -1.84. The summed E-state index contributed by atoms with van der Waals surface area (Å²) in [6, 6.07) is 7.76. The van der Waals surface area contributed by atoms with E-state index in [9.17, 15) is 5.11 Å². The number of hydrogen-bond acceptors (Lipinski definition) is 5. The Morgan fingerprint density at radius 2 is 2.00 bits per heavy atom. The molecule has 0 aliphatic carbocycles. The first-order chi connectivity index (χ1) is 12.8. The third-order valence-corrected chi connectivity index (χ3v) is 4.26. The van der Waals surface area contributed by atoms with Crippen LogP contribution in [-0.4, -0.2) is 42.4 Å². The van der Waals surface area contributed by atoms with E-state index >= 15 is 0 Å². The van der Waals surface area contributed by atoms with Crippen LogP contribution in [0, 0.1) is 11.8 Å². The second-order valence-corrected chi connectivity index (χ2v) is 7.10. The molecule has 1 unspecified atom stereocenters. The Balaban J connectivity index is 1.81. The number of methoxy groups -OCH3 is 1. The molecular weight excluding hydrogens is 344 g/mol. The van der Waals surface area contributed by atoms with Gasteiger partial charge in [0.25, 0.3) is 0 Å². The molecule has 0 aromatic heterocycles. The predicted molar refractivity (Wildman–Crippen MR) is 104 cm³/mol. The van der Waals surface area contributed by atoms with E-state index in [0.717, 1.165) is 11.3 Å². The van der Waals surface area contributed by atoms with Gasteiger partial charge in [0, 0.05) is 6.42 Å². The monoisotopic (exact) mass is 374 g/mol. The van der Waals surface area contributed by atoms with E-state index in [1.165, 1.54) is 0 Å². The lowest BCUT2D eigenvalue weighted by Crippen LogP contribution is -2.34. The maximum atomic E-state index is 10.4. The van der Waals surface area contributed by atoms with Gasteiger partial charge in [-0.1, -0.05) is 30.0 Å². The van der Waals surface area contributed by atoms with Crippen LogP contribution >= 0.6 is 0 Å². The van der Waals surface area contributed by atoms with Crippen LogP contribution < -0.4 is 4.74 Å². The number of benzene rings is 1. The molecule has 0 bridgehead atoms. The van der Waals surface area contributed by atoms with Crippen molar-refractivity contribution in [1.82, 2.24) is 0 Å². The van der Waals surface area contributed by atoms with Gasteiger partial charge in [0.2, 0.25) is 0 Å². The van der Waals surface area contributed by atoms with E-state index < -0.39 is 18.0 Å². The van der Waals surface area contributed by atoms with Gasteiger partial charge < -0.3 is 24.1 Å². The van der Waals surface area contributed by atoms with Crippen LogP contribution in [0.1, 0.15) is 39.2 Å². The van der Waals surface area contributed by atoms with Crippen molar-refractivity contribution in [2.45, 2.75) is 70.4 Å². The summed E-state index contributed by atoms with van der Waals surface area (Å²) >= 11 is 0. The van der Waals surface area contributed by atoms with Gasteiger partial charge in [-0.25, -0.2) is 0 Å². The maximum Gasteiger partial charge on any atom is 0.163 e. The van der Waals surface area contributed by atoms with Gasteiger partial charge in [0.15, 0.2) is 5.79 Å². The summed E-state index contributed by atoms with van der Waals surface area (Å²) in [5, 5.41) is 10.4. The summed E-state index contributed by atoms with van der Waals surface area (Å²) in [6.45, 7) is 9.86. The highest BCUT2D eigenvalue weighted by Gasteiger charge is 2.43. The minimum absolute atomic E-state index is 0.0482. The molecule has 1 aliphatic rings. The minimum Gasteiger partial charge on any atom is -0.497 e. The second kappa shape index (κ2) is 9.91. The molecule has 1 saturated heterocycles. The van der Waals surface area contributed by atoms with Crippen molar-refractivity contribution >= 4 is 0 Å². The molecular formula is C22H30O5. The summed E-state index contributed by atoms with van der Waals surface area (Å²) < 4.78 is 22.5. The summed E-state index contributed by atoms with van der Waals surface area (Å²) in [5.74, 6) is 5.96. The first-order valence-corrected chi connectivity index (χ1v) is 9.22. The molecule has 5 heteroatoms. The molecule has 5 nitrogen and oxygen atoms in total. The van der Waals surface area contributed by atoms with Crippen molar-refractivity contribution < 1.29 is 24.1 Å². The van der Waals surface area contributed by atoms with Crippen molar-refractivity contribution in [3.63, 3.8) is 0 Å². The molecule has 148 valence electrons. The fourth-order valence-corrected chi connectivity index (χ4v) is 2.89. The van der Waals surface area contributed by atoms with Crippen LogP contribution in [0.2, 0.25) is 0 Å². The molecule has 1 N–H and O–H groups in total.